The smallest absolute Gasteiger partial charge is 0.325 e. The minimum atomic E-state index is -1.22. The molecule has 0 heterocycles. The van der Waals surface area contributed by atoms with Gasteiger partial charge in [0.25, 0.3) is 0 Å². The summed E-state index contributed by atoms with van der Waals surface area (Å²) in [6.45, 7) is 4.14. The molecule has 0 aliphatic rings. The number of urea groups is 1. The van der Waals surface area contributed by atoms with Gasteiger partial charge in [-0.25, -0.2) is 4.79 Å². The van der Waals surface area contributed by atoms with Crippen molar-refractivity contribution in [2.45, 2.75) is 32.4 Å². The molecule has 0 aliphatic carbocycles. The van der Waals surface area contributed by atoms with Gasteiger partial charge in [0.15, 0.2) is 0 Å². The van der Waals surface area contributed by atoms with Gasteiger partial charge in [0.2, 0.25) is 5.91 Å². The van der Waals surface area contributed by atoms with Crippen LogP contribution in [0.2, 0.25) is 0 Å². The molecule has 7 nitrogen and oxygen atoms in total. The van der Waals surface area contributed by atoms with Crippen LogP contribution >= 0.6 is 0 Å². The molecule has 7 heteroatoms. The highest BCUT2D eigenvalue weighted by atomic mass is 16.4. The zero-order chi connectivity index (χ0) is 12.2. The lowest BCUT2D eigenvalue weighted by Gasteiger charge is -2.23. The molecular weight excluding hydrogens is 202 g/mol. The Morgan fingerprint density at radius 2 is 1.80 bits per heavy atom. The molecule has 0 aromatic heterocycles. The maximum atomic E-state index is 11.2. The van der Waals surface area contributed by atoms with Gasteiger partial charge < -0.3 is 21.5 Å². The largest absolute Gasteiger partial charge is 0.480 e. The van der Waals surface area contributed by atoms with Crippen molar-refractivity contribution in [1.82, 2.24) is 10.6 Å². The summed E-state index contributed by atoms with van der Waals surface area (Å²) in [6, 6.07) is -1.79. The number of amides is 3. The molecular formula is C8H15N3O4. The lowest BCUT2D eigenvalue weighted by atomic mass is 10.1. The fourth-order valence-corrected chi connectivity index (χ4v) is 0.640. The first-order valence-electron chi connectivity index (χ1n) is 4.28. The number of carbonyl (C=O) groups is 3. The van der Waals surface area contributed by atoms with Gasteiger partial charge in [0, 0.05) is 0 Å². The fourth-order valence-electron chi connectivity index (χ4n) is 0.640. The summed E-state index contributed by atoms with van der Waals surface area (Å²) in [5.74, 6) is -1.87. The number of rotatable bonds is 4. The molecule has 5 N–H and O–H groups in total. The molecule has 0 aromatic rings. The van der Waals surface area contributed by atoms with E-state index in [1.54, 1.807) is 0 Å². The number of hydrogen-bond acceptors (Lipinski definition) is 3. The Labute approximate surface area is 87.0 Å². The van der Waals surface area contributed by atoms with Crippen molar-refractivity contribution in [3.8, 4) is 0 Å². The van der Waals surface area contributed by atoms with Gasteiger partial charge in [-0.1, -0.05) is 0 Å². The molecule has 0 rings (SSSR count). The molecule has 0 radical (unpaired) electrons. The van der Waals surface area contributed by atoms with E-state index in [-0.39, 0.29) is 0 Å². The van der Waals surface area contributed by atoms with Crippen LogP contribution in [0.4, 0.5) is 4.79 Å². The van der Waals surface area contributed by atoms with E-state index in [4.69, 9.17) is 10.8 Å². The summed E-state index contributed by atoms with van der Waals surface area (Å²) in [4.78, 5) is 32.4. The monoisotopic (exact) mass is 217 g/mol. The van der Waals surface area contributed by atoms with Crippen molar-refractivity contribution in [3.05, 3.63) is 0 Å². The van der Waals surface area contributed by atoms with E-state index >= 15 is 0 Å². The maximum absolute atomic E-state index is 11.2. The van der Waals surface area contributed by atoms with E-state index in [0.29, 0.717) is 0 Å². The normalized spacial score (nSPS) is 12.7. The van der Waals surface area contributed by atoms with Crippen molar-refractivity contribution in [1.29, 1.82) is 0 Å². The van der Waals surface area contributed by atoms with Gasteiger partial charge in [-0.15, -0.1) is 0 Å². The first-order chi connectivity index (χ1) is 6.66. The molecule has 0 spiro atoms. The topological polar surface area (TPSA) is 122 Å². The van der Waals surface area contributed by atoms with Crippen LogP contribution in [0.3, 0.4) is 0 Å². The molecule has 1 atom stereocenters. The molecule has 0 aromatic carbocycles. The molecule has 15 heavy (non-hydrogen) atoms. The number of aliphatic carboxylic acids is 1. The van der Waals surface area contributed by atoms with Gasteiger partial charge in [0.05, 0.1) is 0 Å². The highest BCUT2D eigenvalue weighted by molar-refractivity contribution is 5.90. The van der Waals surface area contributed by atoms with E-state index in [0.717, 1.165) is 0 Å². The molecule has 1 unspecified atom stereocenters. The number of carbonyl (C=O) groups excluding carboxylic acids is 2. The van der Waals surface area contributed by atoms with Gasteiger partial charge >= 0.3 is 12.0 Å². The lowest BCUT2D eigenvalue weighted by molar-refractivity contribution is -0.138. The minimum absolute atomic E-state index is 0.708. The third kappa shape index (κ3) is 4.30. The van der Waals surface area contributed by atoms with Crippen LogP contribution < -0.4 is 16.4 Å². The van der Waals surface area contributed by atoms with Crippen LogP contribution in [-0.2, 0) is 9.59 Å². The zero-order valence-corrected chi connectivity index (χ0v) is 8.83. The van der Waals surface area contributed by atoms with E-state index in [1.165, 1.54) is 20.8 Å². The molecule has 0 aliphatic heterocycles. The Balaban J connectivity index is 4.27. The molecule has 0 saturated heterocycles. The van der Waals surface area contributed by atoms with Crippen LogP contribution in [0, 0.1) is 0 Å². The van der Waals surface area contributed by atoms with E-state index < -0.39 is 29.5 Å². The summed E-state index contributed by atoms with van der Waals surface area (Å²) in [6.07, 6.45) is 0. The average molecular weight is 217 g/mol. The van der Waals surface area contributed by atoms with Crippen molar-refractivity contribution < 1.29 is 19.5 Å². The summed E-state index contributed by atoms with van der Waals surface area (Å²) >= 11 is 0. The van der Waals surface area contributed by atoms with Gasteiger partial charge in [-0.05, 0) is 20.8 Å². The maximum Gasteiger partial charge on any atom is 0.325 e. The highest BCUT2D eigenvalue weighted by Crippen LogP contribution is 1.99. The van der Waals surface area contributed by atoms with Crippen molar-refractivity contribution in [3.63, 3.8) is 0 Å². The first-order valence-corrected chi connectivity index (χ1v) is 4.28. The van der Waals surface area contributed by atoms with E-state index in [1.807, 2.05) is 0 Å². The zero-order valence-electron chi connectivity index (χ0n) is 8.83. The van der Waals surface area contributed by atoms with Gasteiger partial charge in [-0.3, -0.25) is 9.59 Å². The second-order valence-electron chi connectivity index (χ2n) is 3.65. The summed E-state index contributed by atoms with van der Waals surface area (Å²) in [5, 5.41) is 12.9. The predicted octanol–water partition coefficient (Wildman–Crippen LogP) is -0.977. The van der Waals surface area contributed by atoms with Crippen LogP contribution in [0.15, 0.2) is 0 Å². The highest BCUT2D eigenvalue weighted by Gasteiger charge is 2.27. The number of carboxylic acids is 1. The summed E-state index contributed by atoms with van der Waals surface area (Å²) in [5.41, 5.74) is 3.79. The van der Waals surface area contributed by atoms with Gasteiger partial charge in [-0.2, -0.15) is 0 Å². The van der Waals surface area contributed by atoms with Crippen molar-refractivity contribution >= 4 is 17.9 Å². The van der Waals surface area contributed by atoms with Crippen molar-refractivity contribution in [2.75, 3.05) is 0 Å². The third-order valence-electron chi connectivity index (χ3n) is 1.76. The molecule has 0 saturated carbocycles. The second kappa shape index (κ2) is 4.63. The Morgan fingerprint density at radius 1 is 1.33 bits per heavy atom. The lowest BCUT2D eigenvalue weighted by Crippen LogP contribution is -2.57. The van der Waals surface area contributed by atoms with Crippen LogP contribution in [0.1, 0.15) is 20.8 Å². The van der Waals surface area contributed by atoms with E-state index in [2.05, 4.69) is 10.6 Å². The quantitative estimate of drug-likeness (QED) is 0.483. The van der Waals surface area contributed by atoms with Crippen molar-refractivity contribution in [2.24, 2.45) is 5.73 Å². The molecule has 0 fully saturated rings. The van der Waals surface area contributed by atoms with Crippen LogP contribution in [-0.4, -0.2) is 34.6 Å². The summed E-state index contributed by atoms with van der Waals surface area (Å²) in [7, 11) is 0. The number of nitrogens with two attached hydrogens (primary N) is 1. The third-order valence-corrected chi connectivity index (χ3v) is 1.76. The Kier molecular flexibility index (Phi) is 4.07. The molecule has 0 bridgehead atoms. The average Bonchev–Trinajstić information content (AvgIpc) is 2.01. The minimum Gasteiger partial charge on any atom is -0.480 e. The van der Waals surface area contributed by atoms with E-state index in [9.17, 15) is 14.4 Å². The number of carboxylic acid groups (broad SMARTS) is 1. The Morgan fingerprint density at radius 3 is 2.13 bits per heavy atom. The number of nitrogens with one attached hydrogen (secondary N) is 2. The first kappa shape index (κ1) is 13.2. The Hall–Kier alpha value is -1.79. The van der Waals surface area contributed by atoms with Crippen LogP contribution in [0.5, 0.6) is 0 Å². The second-order valence-corrected chi connectivity index (χ2v) is 3.65. The molecule has 3 amide bonds. The standard InChI is InChI=1S/C8H15N3O4/c1-4(5(12)13)10-7(15)11-8(2,3)6(9)14/h4H,1-3H3,(H2,9,14)(H,12,13)(H2,10,11,15). The molecule has 86 valence electrons. The number of primary amides is 1. The predicted molar refractivity (Wildman–Crippen MR) is 52.0 cm³/mol. The Bertz CT molecular complexity index is 288. The van der Waals surface area contributed by atoms with Crippen LogP contribution in [0.25, 0.3) is 0 Å². The fraction of sp³-hybridized carbons (Fsp3) is 0.625. The SMILES string of the molecule is CC(NC(=O)NC(C)(C)C(N)=O)C(=O)O. The number of hydrogen-bond donors (Lipinski definition) is 4. The summed E-state index contributed by atoms with van der Waals surface area (Å²) < 4.78 is 0. The van der Waals surface area contributed by atoms with Gasteiger partial charge in [0.1, 0.15) is 11.6 Å².